The van der Waals surface area contributed by atoms with Crippen molar-refractivity contribution in [2.24, 2.45) is 0 Å². The lowest BCUT2D eigenvalue weighted by atomic mass is 10.1. The van der Waals surface area contributed by atoms with Gasteiger partial charge in [0.2, 0.25) is 5.88 Å². The molecule has 5 rings (SSSR count). The quantitative estimate of drug-likeness (QED) is 0.630. The summed E-state index contributed by atoms with van der Waals surface area (Å²) in [7, 11) is 0. The Balaban J connectivity index is 1.69. The molecule has 0 saturated carbocycles. The number of aromatic nitrogens is 4. The van der Waals surface area contributed by atoms with E-state index in [1.807, 2.05) is 6.92 Å². The Bertz CT molecular complexity index is 1070. The number of fused-ring (bicyclic) bond motifs is 5. The third-order valence-electron chi connectivity index (χ3n) is 4.78. The highest BCUT2D eigenvalue weighted by molar-refractivity contribution is 5.99. The van der Waals surface area contributed by atoms with Gasteiger partial charge in [-0.05, 0) is 13.0 Å². The van der Waals surface area contributed by atoms with Gasteiger partial charge < -0.3 is 10.1 Å². The number of hydroxylamine groups is 1. The second-order valence-corrected chi connectivity index (χ2v) is 6.81. The van der Waals surface area contributed by atoms with Crippen LogP contribution in [-0.2, 0) is 4.84 Å². The maximum atomic E-state index is 14.0. The molecule has 10 heteroatoms. The van der Waals surface area contributed by atoms with Gasteiger partial charge in [-0.1, -0.05) is 0 Å². The second-order valence-electron chi connectivity index (χ2n) is 6.81. The van der Waals surface area contributed by atoms with E-state index < -0.39 is 5.82 Å². The molecule has 0 aliphatic carbocycles. The largest absolute Gasteiger partial charge is 0.475 e. The van der Waals surface area contributed by atoms with E-state index in [1.165, 1.54) is 16.8 Å². The summed E-state index contributed by atoms with van der Waals surface area (Å²) in [5.41, 5.74) is 1.34. The molecule has 144 valence electrons. The lowest BCUT2D eigenvalue weighted by molar-refractivity contribution is 0.0927. The van der Waals surface area contributed by atoms with Gasteiger partial charge in [-0.2, -0.15) is 5.10 Å². The van der Waals surface area contributed by atoms with Crippen molar-refractivity contribution in [1.29, 1.82) is 0 Å². The molecule has 2 aliphatic heterocycles. The van der Waals surface area contributed by atoms with E-state index in [-0.39, 0.29) is 24.6 Å². The van der Waals surface area contributed by atoms with Crippen molar-refractivity contribution in [3.8, 4) is 5.88 Å². The number of amides is 1. The maximum absolute atomic E-state index is 14.0. The molecule has 9 nitrogen and oxygen atoms in total. The zero-order valence-corrected chi connectivity index (χ0v) is 15.0. The molecule has 1 fully saturated rings. The Morgan fingerprint density at radius 3 is 3.14 bits per heavy atom. The van der Waals surface area contributed by atoms with Crippen LogP contribution in [0.3, 0.4) is 0 Å². The Hall–Kier alpha value is -3.27. The molecular formula is C18H17FN6O3. The van der Waals surface area contributed by atoms with Crippen LogP contribution in [0, 0.1) is 5.82 Å². The maximum Gasteiger partial charge on any atom is 0.257 e. The number of ether oxygens (including phenoxy) is 1. The van der Waals surface area contributed by atoms with Crippen LogP contribution in [0.5, 0.6) is 5.88 Å². The lowest BCUT2D eigenvalue weighted by Gasteiger charge is -2.25. The van der Waals surface area contributed by atoms with E-state index in [2.05, 4.69) is 20.4 Å². The number of hydrogen-bond donors (Lipinski definition) is 1. The highest BCUT2D eigenvalue weighted by Gasteiger charge is 2.33. The number of anilines is 1. The van der Waals surface area contributed by atoms with Crippen LogP contribution >= 0.6 is 0 Å². The van der Waals surface area contributed by atoms with E-state index in [4.69, 9.17) is 9.57 Å². The molecule has 2 aliphatic rings. The molecule has 1 saturated heterocycles. The predicted molar refractivity (Wildman–Crippen MR) is 95.4 cm³/mol. The normalized spacial score (nSPS) is 21.9. The first-order chi connectivity index (χ1) is 13.6. The van der Waals surface area contributed by atoms with Crippen molar-refractivity contribution in [3.05, 3.63) is 47.7 Å². The fourth-order valence-corrected chi connectivity index (χ4v) is 3.47. The molecule has 0 aromatic carbocycles. The third-order valence-corrected chi connectivity index (χ3v) is 4.78. The van der Waals surface area contributed by atoms with Crippen molar-refractivity contribution in [2.75, 3.05) is 18.3 Å². The van der Waals surface area contributed by atoms with Gasteiger partial charge in [-0.25, -0.2) is 23.9 Å². The first-order valence-corrected chi connectivity index (χ1v) is 8.96. The standard InChI is InChI=1S/C18H17FN6O3/c1-10-9-27-18-12(6-11(19)7-20-18)14-3-5-28-25(14)15-2-4-24-16(23-15)13(8-21-24)17(26)22-10/h2,4,6-8,10,14H,3,5,9H2,1H3,(H,22,26)/t10-,14?/m1/s1. The first-order valence-electron chi connectivity index (χ1n) is 8.96. The van der Waals surface area contributed by atoms with Crippen LogP contribution < -0.4 is 15.1 Å². The molecule has 1 amide bonds. The molecule has 2 bridgehead atoms. The third kappa shape index (κ3) is 2.73. The summed E-state index contributed by atoms with van der Waals surface area (Å²) in [6, 6.07) is 2.51. The van der Waals surface area contributed by atoms with Crippen LogP contribution in [0.1, 0.15) is 35.3 Å². The van der Waals surface area contributed by atoms with Gasteiger partial charge in [0.05, 0.1) is 31.1 Å². The van der Waals surface area contributed by atoms with Crippen molar-refractivity contribution in [2.45, 2.75) is 25.4 Å². The van der Waals surface area contributed by atoms with Gasteiger partial charge in [0.1, 0.15) is 18.0 Å². The number of hydrogen-bond acceptors (Lipinski definition) is 7. The van der Waals surface area contributed by atoms with Gasteiger partial charge in [-0.15, -0.1) is 0 Å². The second kappa shape index (κ2) is 6.41. The number of halogens is 1. The Kier molecular flexibility index (Phi) is 3.86. The molecular weight excluding hydrogens is 367 g/mol. The van der Waals surface area contributed by atoms with Gasteiger partial charge in [-0.3, -0.25) is 9.63 Å². The van der Waals surface area contributed by atoms with Crippen LogP contribution in [0.2, 0.25) is 0 Å². The Labute approximate surface area is 159 Å². The number of nitrogens with zero attached hydrogens (tertiary/aromatic N) is 5. The van der Waals surface area contributed by atoms with Gasteiger partial charge in [0, 0.05) is 24.2 Å². The summed E-state index contributed by atoms with van der Waals surface area (Å²) >= 11 is 0. The van der Waals surface area contributed by atoms with Crippen LogP contribution in [0.4, 0.5) is 10.2 Å². The number of carbonyl (C=O) groups excluding carboxylic acids is 1. The number of nitrogens with one attached hydrogen (secondary N) is 1. The van der Waals surface area contributed by atoms with E-state index in [0.29, 0.717) is 41.5 Å². The molecule has 2 atom stereocenters. The fourth-order valence-electron chi connectivity index (χ4n) is 3.47. The van der Waals surface area contributed by atoms with E-state index in [0.717, 1.165) is 6.20 Å². The fraction of sp³-hybridized carbons (Fsp3) is 0.333. The molecule has 28 heavy (non-hydrogen) atoms. The smallest absolute Gasteiger partial charge is 0.257 e. The zero-order chi connectivity index (χ0) is 19.3. The Morgan fingerprint density at radius 1 is 1.36 bits per heavy atom. The van der Waals surface area contributed by atoms with E-state index in [9.17, 15) is 9.18 Å². The topological polar surface area (TPSA) is 93.9 Å². The highest BCUT2D eigenvalue weighted by Crippen LogP contribution is 2.38. The molecule has 1 unspecified atom stereocenters. The van der Waals surface area contributed by atoms with Gasteiger partial charge >= 0.3 is 0 Å². The van der Waals surface area contributed by atoms with Crippen molar-refractivity contribution in [3.63, 3.8) is 0 Å². The average molecular weight is 384 g/mol. The zero-order valence-electron chi connectivity index (χ0n) is 15.0. The minimum atomic E-state index is -0.457. The monoisotopic (exact) mass is 384 g/mol. The van der Waals surface area contributed by atoms with Crippen LogP contribution in [0.15, 0.2) is 30.7 Å². The number of rotatable bonds is 0. The van der Waals surface area contributed by atoms with Crippen molar-refractivity contribution in [1.82, 2.24) is 24.9 Å². The van der Waals surface area contributed by atoms with E-state index in [1.54, 1.807) is 17.3 Å². The predicted octanol–water partition coefficient (Wildman–Crippen LogP) is 1.66. The summed E-state index contributed by atoms with van der Waals surface area (Å²) in [4.78, 5) is 27.1. The van der Waals surface area contributed by atoms with Gasteiger partial charge in [0.15, 0.2) is 11.5 Å². The highest BCUT2D eigenvalue weighted by atomic mass is 19.1. The van der Waals surface area contributed by atoms with Crippen molar-refractivity contribution < 1.29 is 18.8 Å². The molecule has 0 spiro atoms. The Morgan fingerprint density at radius 2 is 2.25 bits per heavy atom. The minimum Gasteiger partial charge on any atom is -0.475 e. The summed E-state index contributed by atoms with van der Waals surface area (Å²) in [6.45, 7) is 2.44. The molecule has 0 radical (unpaired) electrons. The van der Waals surface area contributed by atoms with Crippen molar-refractivity contribution >= 4 is 17.4 Å². The van der Waals surface area contributed by atoms with Crippen LogP contribution in [-0.4, -0.2) is 44.7 Å². The summed E-state index contributed by atoms with van der Waals surface area (Å²) in [5.74, 6) is 0.0425. The lowest BCUT2D eigenvalue weighted by Crippen LogP contribution is -2.37. The minimum absolute atomic E-state index is 0.181. The molecule has 1 N–H and O–H groups in total. The summed E-state index contributed by atoms with van der Waals surface area (Å²) in [6.07, 6.45) is 4.91. The summed E-state index contributed by atoms with van der Waals surface area (Å²) in [5, 5.41) is 8.66. The number of carbonyl (C=O) groups is 1. The number of pyridine rings is 1. The molecule has 3 aromatic heterocycles. The van der Waals surface area contributed by atoms with Crippen LogP contribution in [0.25, 0.3) is 5.65 Å². The van der Waals surface area contributed by atoms with E-state index >= 15 is 0 Å². The van der Waals surface area contributed by atoms with Gasteiger partial charge in [0.25, 0.3) is 5.91 Å². The molecule has 5 heterocycles. The average Bonchev–Trinajstić information content (AvgIpc) is 3.32. The SMILES string of the molecule is C[C@@H]1COc2ncc(F)cc2C2CCON2c2ccn3ncc(c3n2)C(=O)N1. The summed E-state index contributed by atoms with van der Waals surface area (Å²) < 4.78 is 21.3. The molecule has 3 aromatic rings. The first kappa shape index (κ1) is 16.9.